The number of halogens is 1. The van der Waals surface area contributed by atoms with Gasteiger partial charge in [0.2, 0.25) is 0 Å². The molecule has 0 fully saturated rings. The molecule has 0 nitrogen and oxygen atoms in total. The summed E-state index contributed by atoms with van der Waals surface area (Å²) in [6.07, 6.45) is 12.0. The lowest BCUT2D eigenvalue weighted by atomic mass is 10.0. The highest BCUT2D eigenvalue weighted by Gasteiger charge is 2.06. The van der Waals surface area contributed by atoms with Crippen molar-refractivity contribution in [2.45, 2.75) is 13.3 Å². The van der Waals surface area contributed by atoms with E-state index in [2.05, 4.69) is 6.08 Å². The van der Waals surface area contributed by atoms with Gasteiger partial charge in [0.15, 0.2) is 0 Å². The van der Waals surface area contributed by atoms with E-state index in [1.807, 2.05) is 25.2 Å². The van der Waals surface area contributed by atoms with Gasteiger partial charge in [-0.3, -0.25) is 0 Å². The lowest BCUT2D eigenvalue weighted by molar-refractivity contribution is 0.661. The van der Waals surface area contributed by atoms with Crippen LogP contribution in [0.1, 0.15) is 13.3 Å². The van der Waals surface area contributed by atoms with E-state index in [9.17, 15) is 4.39 Å². The Hall–Kier alpha value is -1.37. The van der Waals surface area contributed by atoms with Crippen LogP contribution in [0.5, 0.6) is 0 Å². The fraction of sp³-hybridized carbons (Fsp3) is 0.167. The molecule has 0 amide bonds. The minimum absolute atomic E-state index is 0.153. The molecule has 2 aliphatic carbocycles. The van der Waals surface area contributed by atoms with Crippen molar-refractivity contribution in [1.29, 1.82) is 0 Å². The molecule has 2 rings (SSSR count). The summed E-state index contributed by atoms with van der Waals surface area (Å²) in [6.45, 7) is 2.04. The van der Waals surface area contributed by atoms with Crippen LogP contribution < -0.4 is 0 Å². The summed E-state index contributed by atoms with van der Waals surface area (Å²) in [7, 11) is 0. The third kappa shape index (κ3) is 1.69. The van der Waals surface area contributed by atoms with E-state index in [1.54, 1.807) is 6.08 Å². The molecule has 1 heteroatoms. The van der Waals surface area contributed by atoms with Crippen LogP contribution in [0.25, 0.3) is 0 Å². The van der Waals surface area contributed by atoms with Crippen LogP contribution >= 0.6 is 0 Å². The molecule has 0 aromatic rings. The first-order chi connectivity index (χ1) is 6.25. The molecule has 0 spiro atoms. The Labute approximate surface area is 77.5 Å². The van der Waals surface area contributed by atoms with E-state index in [-0.39, 0.29) is 5.83 Å². The van der Waals surface area contributed by atoms with Crippen LogP contribution in [-0.2, 0) is 0 Å². The Morgan fingerprint density at radius 3 is 2.62 bits per heavy atom. The Kier molecular flexibility index (Phi) is 2.01. The first kappa shape index (κ1) is 8.24. The van der Waals surface area contributed by atoms with Crippen LogP contribution in [0, 0.1) is 0 Å². The normalized spacial score (nSPS) is 26.3. The second-order valence-corrected chi connectivity index (χ2v) is 3.34. The van der Waals surface area contributed by atoms with Crippen molar-refractivity contribution in [2.75, 3.05) is 0 Å². The van der Waals surface area contributed by atoms with Crippen molar-refractivity contribution in [3.05, 3.63) is 59.0 Å². The fourth-order valence-corrected chi connectivity index (χ4v) is 1.54. The average Bonchev–Trinajstić information content (AvgIpc) is 2.52. The Morgan fingerprint density at radius 2 is 2.00 bits per heavy atom. The minimum atomic E-state index is -0.153. The molecule has 0 aromatic carbocycles. The van der Waals surface area contributed by atoms with Crippen LogP contribution in [-0.4, -0.2) is 0 Å². The number of allylic oxidation sites excluding steroid dienone is 10. The summed E-state index contributed by atoms with van der Waals surface area (Å²) >= 11 is 0. The van der Waals surface area contributed by atoms with E-state index < -0.39 is 0 Å². The van der Waals surface area contributed by atoms with Gasteiger partial charge in [-0.05, 0) is 36.6 Å². The predicted octanol–water partition coefficient (Wildman–Crippen LogP) is 3.61. The van der Waals surface area contributed by atoms with Gasteiger partial charge >= 0.3 is 0 Å². The quantitative estimate of drug-likeness (QED) is 0.526. The van der Waals surface area contributed by atoms with Gasteiger partial charge in [-0.2, -0.15) is 0 Å². The summed E-state index contributed by atoms with van der Waals surface area (Å²) in [5.74, 6) is -0.153. The molecule has 0 aliphatic heterocycles. The summed E-state index contributed by atoms with van der Waals surface area (Å²) < 4.78 is 12.9. The topological polar surface area (TPSA) is 0 Å². The Morgan fingerprint density at radius 1 is 1.15 bits per heavy atom. The van der Waals surface area contributed by atoms with Crippen LogP contribution in [0.3, 0.4) is 0 Å². The average molecular weight is 174 g/mol. The van der Waals surface area contributed by atoms with Gasteiger partial charge in [0, 0.05) is 0 Å². The van der Waals surface area contributed by atoms with E-state index in [4.69, 9.17) is 0 Å². The number of rotatable bonds is 0. The minimum Gasteiger partial charge on any atom is -0.207 e. The second kappa shape index (κ2) is 3.17. The van der Waals surface area contributed by atoms with Crippen molar-refractivity contribution in [3.63, 3.8) is 0 Å². The highest BCUT2D eigenvalue weighted by atomic mass is 19.1. The number of hydrogen-bond acceptors (Lipinski definition) is 0. The zero-order valence-electron chi connectivity index (χ0n) is 7.55. The summed E-state index contributed by atoms with van der Waals surface area (Å²) in [5.41, 5.74) is 3.43. The van der Waals surface area contributed by atoms with Crippen LogP contribution in [0.2, 0.25) is 0 Å². The van der Waals surface area contributed by atoms with Crippen molar-refractivity contribution in [2.24, 2.45) is 0 Å². The van der Waals surface area contributed by atoms with Gasteiger partial charge in [-0.25, -0.2) is 4.39 Å². The van der Waals surface area contributed by atoms with Gasteiger partial charge in [0.05, 0.1) is 0 Å². The highest BCUT2D eigenvalue weighted by molar-refractivity contribution is 5.52. The molecular formula is C12H11F. The zero-order chi connectivity index (χ0) is 9.26. The molecule has 0 atom stereocenters. The predicted molar refractivity (Wildman–Crippen MR) is 52.9 cm³/mol. The molecule has 66 valence electrons. The maximum atomic E-state index is 12.9. The molecule has 0 saturated heterocycles. The molecular weight excluding hydrogens is 163 g/mol. The van der Waals surface area contributed by atoms with Gasteiger partial charge in [-0.15, -0.1) is 0 Å². The molecule has 0 N–H and O–H groups in total. The third-order valence-electron chi connectivity index (χ3n) is 2.21. The molecule has 2 aliphatic rings. The number of hydrogen-bond donors (Lipinski definition) is 0. The zero-order valence-corrected chi connectivity index (χ0v) is 7.55. The van der Waals surface area contributed by atoms with E-state index in [1.165, 1.54) is 11.6 Å². The molecule has 0 heterocycles. The van der Waals surface area contributed by atoms with E-state index in [0.29, 0.717) is 0 Å². The first-order valence-corrected chi connectivity index (χ1v) is 4.39. The Balaban J connectivity index is 2.37. The molecule has 13 heavy (non-hydrogen) atoms. The van der Waals surface area contributed by atoms with Crippen molar-refractivity contribution in [3.8, 4) is 0 Å². The van der Waals surface area contributed by atoms with Crippen molar-refractivity contribution in [1.82, 2.24) is 0 Å². The molecule has 0 aromatic heterocycles. The third-order valence-corrected chi connectivity index (χ3v) is 2.21. The molecule has 0 unspecified atom stereocenters. The molecule has 0 radical (unpaired) electrons. The highest BCUT2D eigenvalue weighted by Crippen LogP contribution is 2.25. The van der Waals surface area contributed by atoms with Gasteiger partial charge in [-0.1, -0.05) is 29.9 Å². The summed E-state index contributed by atoms with van der Waals surface area (Å²) in [5, 5.41) is 0. The summed E-state index contributed by atoms with van der Waals surface area (Å²) in [6, 6.07) is 0. The van der Waals surface area contributed by atoms with Crippen LogP contribution in [0.4, 0.5) is 4.39 Å². The van der Waals surface area contributed by atoms with Gasteiger partial charge in [0.1, 0.15) is 5.83 Å². The SMILES string of the molecule is CC1=C/C(=C2\C=C(F)C=CC2)C=C1. The monoisotopic (exact) mass is 174 g/mol. The second-order valence-electron chi connectivity index (χ2n) is 3.34. The first-order valence-electron chi connectivity index (χ1n) is 4.39. The van der Waals surface area contributed by atoms with Crippen LogP contribution in [0.15, 0.2) is 59.0 Å². The van der Waals surface area contributed by atoms with Gasteiger partial charge < -0.3 is 0 Å². The largest absolute Gasteiger partial charge is 0.207 e. The van der Waals surface area contributed by atoms with Crippen molar-refractivity contribution >= 4 is 0 Å². The molecule has 0 bridgehead atoms. The van der Waals surface area contributed by atoms with E-state index in [0.717, 1.165) is 17.6 Å². The van der Waals surface area contributed by atoms with Crippen molar-refractivity contribution < 1.29 is 4.39 Å². The smallest absolute Gasteiger partial charge is 0.123 e. The Bertz CT molecular complexity index is 376. The van der Waals surface area contributed by atoms with Gasteiger partial charge in [0.25, 0.3) is 0 Å². The maximum Gasteiger partial charge on any atom is 0.123 e. The molecule has 0 saturated carbocycles. The maximum absolute atomic E-state index is 12.9. The lowest BCUT2D eigenvalue weighted by Crippen LogP contribution is -1.87. The van der Waals surface area contributed by atoms with E-state index >= 15 is 0 Å². The summed E-state index contributed by atoms with van der Waals surface area (Å²) in [4.78, 5) is 0. The fourth-order valence-electron chi connectivity index (χ4n) is 1.54. The lowest BCUT2D eigenvalue weighted by Gasteiger charge is -2.05. The standard InChI is InChI=1S/C12H11F/c1-9-5-6-11(7-9)10-3-2-4-12(13)8-10/h2,4-8H,3H2,1H3/b11-10-.